The topological polar surface area (TPSA) is 237 Å². The van der Waals surface area contributed by atoms with Gasteiger partial charge >= 0.3 is 39.5 Å². The first-order valence-corrected chi connectivity index (χ1v) is 39.0. The number of carbonyl (C=O) groups is 4. The molecular formula is C69H134O17P2. The molecule has 3 unspecified atom stereocenters. The molecule has 522 valence electrons. The average molecular weight is 1300 g/mol. The van der Waals surface area contributed by atoms with Gasteiger partial charge in [0, 0.05) is 25.7 Å². The Balaban J connectivity index is 5.07. The lowest BCUT2D eigenvalue weighted by molar-refractivity contribution is -0.161. The van der Waals surface area contributed by atoms with E-state index in [0.717, 1.165) is 121 Å². The van der Waals surface area contributed by atoms with E-state index in [-0.39, 0.29) is 25.7 Å². The maximum Gasteiger partial charge on any atom is 0.472 e. The molecule has 0 saturated carbocycles. The van der Waals surface area contributed by atoms with Crippen LogP contribution in [0.5, 0.6) is 0 Å². The Morgan fingerprint density at radius 1 is 0.330 bits per heavy atom. The summed E-state index contributed by atoms with van der Waals surface area (Å²) in [6.07, 6.45) is 46.5. The molecule has 0 aromatic carbocycles. The second kappa shape index (κ2) is 61.3. The minimum Gasteiger partial charge on any atom is -0.462 e. The van der Waals surface area contributed by atoms with Crippen LogP contribution < -0.4 is 0 Å². The van der Waals surface area contributed by atoms with Crippen LogP contribution in [0.4, 0.5) is 0 Å². The lowest BCUT2D eigenvalue weighted by Crippen LogP contribution is -2.30. The number of phosphoric ester groups is 2. The highest BCUT2D eigenvalue weighted by Gasteiger charge is 2.30. The molecule has 0 amide bonds. The van der Waals surface area contributed by atoms with Gasteiger partial charge in [-0.3, -0.25) is 37.3 Å². The zero-order valence-corrected chi connectivity index (χ0v) is 58.8. The largest absolute Gasteiger partial charge is 0.472 e. The summed E-state index contributed by atoms with van der Waals surface area (Å²) < 4.78 is 67.8. The molecule has 0 aliphatic carbocycles. The van der Waals surface area contributed by atoms with Gasteiger partial charge in [0.15, 0.2) is 12.2 Å². The number of phosphoric acid groups is 2. The SMILES string of the molecule is CCCCCCCCCC(=O)O[C@H](COC(=O)CCCCCCC)COP(=O)(O)OC[C@H](O)COP(=O)(O)OC[C@@H](COC(=O)CCCCCCCCCCCCCC(C)C)OC(=O)CCCCCCCCCCCCCCCCCCCCC(C)CC. The quantitative estimate of drug-likeness (QED) is 0.0222. The zero-order chi connectivity index (χ0) is 65.0. The highest BCUT2D eigenvalue weighted by atomic mass is 31.2. The number of esters is 4. The molecule has 88 heavy (non-hydrogen) atoms. The molecule has 0 aromatic rings. The van der Waals surface area contributed by atoms with Gasteiger partial charge in [0.2, 0.25) is 0 Å². The van der Waals surface area contributed by atoms with Crippen molar-refractivity contribution in [2.45, 2.75) is 368 Å². The summed E-state index contributed by atoms with van der Waals surface area (Å²) in [4.78, 5) is 72.0. The Hall–Kier alpha value is -1.94. The van der Waals surface area contributed by atoms with Crippen molar-refractivity contribution >= 4 is 39.5 Å². The van der Waals surface area contributed by atoms with Crippen LogP contribution in [-0.4, -0.2) is 96.7 Å². The predicted octanol–water partition coefficient (Wildman–Crippen LogP) is 19.6. The number of carbonyl (C=O) groups excluding carboxylic acids is 4. The van der Waals surface area contributed by atoms with E-state index in [1.807, 2.05) is 0 Å². The van der Waals surface area contributed by atoms with Gasteiger partial charge in [0.1, 0.15) is 19.3 Å². The van der Waals surface area contributed by atoms with Crippen molar-refractivity contribution in [2.75, 3.05) is 39.6 Å². The fraction of sp³-hybridized carbons (Fsp3) is 0.942. The second-order valence-electron chi connectivity index (χ2n) is 25.6. The molecule has 0 saturated heterocycles. The molecule has 3 N–H and O–H groups in total. The first kappa shape index (κ1) is 86.1. The lowest BCUT2D eigenvalue weighted by atomic mass is 9.99. The van der Waals surface area contributed by atoms with Crippen LogP contribution in [0.25, 0.3) is 0 Å². The molecule has 6 atom stereocenters. The van der Waals surface area contributed by atoms with E-state index in [2.05, 4.69) is 41.5 Å². The third-order valence-corrected chi connectivity index (χ3v) is 18.2. The van der Waals surface area contributed by atoms with E-state index < -0.39 is 97.5 Å². The normalized spacial score (nSPS) is 14.5. The lowest BCUT2D eigenvalue weighted by Gasteiger charge is -2.21. The van der Waals surface area contributed by atoms with E-state index in [1.54, 1.807) is 0 Å². The van der Waals surface area contributed by atoms with E-state index in [1.165, 1.54) is 148 Å². The zero-order valence-electron chi connectivity index (χ0n) is 57.0. The van der Waals surface area contributed by atoms with Crippen LogP contribution in [0.1, 0.15) is 350 Å². The molecule has 0 fully saturated rings. The molecule has 0 spiro atoms. The third-order valence-electron chi connectivity index (χ3n) is 16.3. The first-order chi connectivity index (χ1) is 42.4. The Bertz CT molecular complexity index is 1720. The summed E-state index contributed by atoms with van der Waals surface area (Å²) in [5.41, 5.74) is 0. The van der Waals surface area contributed by atoms with Crippen LogP contribution >= 0.6 is 15.6 Å². The van der Waals surface area contributed by atoms with Crippen molar-refractivity contribution in [1.82, 2.24) is 0 Å². The number of hydrogen-bond donors (Lipinski definition) is 3. The predicted molar refractivity (Wildman–Crippen MR) is 354 cm³/mol. The van der Waals surface area contributed by atoms with Gasteiger partial charge in [0.05, 0.1) is 26.4 Å². The second-order valence-corrected chi connectivity index (χ2v) is 28.5. The monoisotopic (exact) mass is 1300 g/mol. The van der Waals surface area contributed by atoms with Crippen LogP contribution in [0, 0.1) is 11.8 Å². The van der Waals surface area contributed by atoms with Gasteiger partial charge in [-0.2, -0.15) is 0 Å². The van der Waals surface area contributed by atoms with E-state index >= 15 is 0 Å². The van der Waals surface area contributed by atoms with Crippen LogP contribution in [0.3, 0.4) is 0 Å². The molecule has 0 bridgehead atoms. The first-order valence-electron chi connectivity index (χ1n) is 36.0. The summed E-state index contributed by atoms with van der Waals surface area (Å²) in [7, 11) is -9.88. The standard InChI is InChI=1S/C69H134O17P2/c1-7-10-12-14-32-41-47-53-68(73)85-64(57-79-66(71)51-45-37-13-11-8-2)59-83-87(75,76)81-55-63(70)56-82-88(77,78)84-60-65(58-80-67(72)52-46-40-35-30-27-23-24-28-33-38-43-49-61(4)5)86-69(74)54-48-42-36-31-26-22-20-18-16-15-17-19-21-25-29-34-39-44-50-62(6)9-3/h61-65,70H,7-60H2,1-6H3,(H,75,76)(H,77,78)/t62?,63-,64+,65+/m0/s1. The number of aliphatic hydroxyl groups is 1. The van der Waals surface area contributed by atoms with Crippen LogP contribution in [-0.2, 0) is 65.4 Å². The minimum absolute atomic E-state index is 0.103. The Morgan fingerprint density at radius 3 is 0.864 bits per heavy atom. The third kappa shape index (κ3) is 61.6. The Labute approximate surface area is 537 Å². The van der Waals surface area contributed by atoms with Crippen LogP contribution in [0.15, 0.2) is 0 Å². The van der Waals surface area contributed by atoms with Crippen molar-refractivity contribution < 1.29 is 80.2 Å². The maximum atomic E-state index is 13.0. The molecular weight excluding hydrogens is 1160 g/mol. The molecule has 19 heteroatoms. The van der Waals surface area contributed by atoms with Crippen molar-refractivity contribution in [3.63, 3.8) is 0 Å². The van der Waals surface area contributed by atoms with Gasteiger partial charge in [-0.05, 0) is 37.5 Å². The smallest absolute Gasteiger partial charge is 0.462 e. The van der Waals surface area contributed by atoms with E-state index in [9.17, 15) is 43.2 Å². The van der Waals surface area contributed by atoms with Crippen molar-refractivity contribution in [3.05, 3.63) is 0 Å². The molecule has 0 heterocycles. The summed E-state index contributed by atoms with van der Waals surface area (Å²) >= 11 is 0. The van der Waals surface area contributed by atoms with Crippen molar-refractivity contribution in [1.29, 1.82) is 0 Å². The molecule has 0 aliphatic rings. The molecule has 0 rings (SSSR count). The molecule has 0 radical (unpaired) electrons. The number of rotatable bonds is 68. The number of aliphatic hydroxyl groups excluding tert-OH is 1. The summed E-state index contributed by atoms with van der Waals surface area (Å²) in [6.45, 7) is 9.47. The van der Waals surface area contributed by atoms with Gasteiger partial charge in [-0.15, -0.1) is 0 Å². The Morgan fingerprint density at radius 2 is 0.580 bits per heavy atom. The van der Waals surface area contributed by atoms with E-state index in [4.69, 9.17) is 37.0 Å². The highest BCUT2D eigenvalue weighted by molar-refractivity contribution is 7.47. The van der Waals surface area contributed by atoms with Crippen molar-refractivity contribution in [3.8, 4) is 0 Å². The number of unbranched alkanes of at least 4 members (excludes halogenated alkanes) is 37. The highest BCUT2D eigenvalue weighted by Crippen LogP contribution is 2.45. The summed E-state index contributed by atoms with van der Waals surface area (Å²) in [5.74, 6) is -0.501. The number of ether oxygens (including phenoxy) is 4. The molecule has 0 aromatic heterocycles. The van der Waals surface area contributed by atoms with E-state index in [0.29, 0.717) is 25.7 Å². The number of hydrogen-bond acceptors (Lipinski definition) is 15. The molecule has 17 nitrogen and oxygen atoms in total. The maximum absolute atomic E-state index is 13.0. The average Bonchev–Trinajstić information content (AvgIpc) is 3.55. The Kier molecular flexibility index (Phi) is 59.9. The fourth-order valence-electron chi connectivity index (χ4n) is 10.4. The van der Waals surface area contributed by atoms with Crippen molar-refractivity contribution in [2.24, 2.45) is 11.8 Å². The van der Waals surface area contributed by atoms with Gasteiger partial charge in [-0.1, -0.05) is 298 Å². The van der Waals surface area contributed by atoms with Gasteiger partial charge in [-0.25, -0.2) is 9.13 Å². The van der Waals surface area contributed by atoms with Crippen LogP contribution in [0.2, 0.25) is 0 Å². The van der Waals surface area contributed by atoms with Gasteiger partial charge in [0.25, 0.3) is 0 Å². The van der Waals surface area contributed by atoms with Gasteiger partial charge < -0.3 is 33.8 Å². The minimum atomic E-state index is -4.95. The molecule has 0 aliphatic heterocycles. The summed E-state index contributed by atoms with van der Waals surface area (Å²) in [5, 5.41) is 10.5. The summed E-state index contributed by atoms with van der Waals surface area (Å²) in [6, 6.07) is 0. The fourth-order valence-corrected chi connectivity index (χ4v) is 12.0.